The normalized spacial score (nSPS) is 13.4. The summed E-state index contributed by atoms with van der Waals surface area (Å²) in [5, 5.41) is 0. The van der Waals surface area contributed by atoms with Crippen LogP contribution in [0.15, 0.2) is 10.9 Å². The molecule has 6 heteroatoms. The molecule has 0 unspecified atom stereocenters. The van der Waals surface area contributed by atoms with Crippen molar-refractivity contribution in [3.63, 3.8) is 0 Å². The largest absolute Gasteiger partial charge is 0.462 e. The Balaban J connectivity index is 2.63. The highest BCUT2D eigenvalue weighted by atomic mass is 16.5. The second-order valence-electron chi connectivity index (χ2n) is 4.77. The summed E-state index contributed by atoms with van der Waals surface area (Å²) < 4.78 is 11.5. The van der Waals surface area contributed by atoms with Crippen molar-refractivity contribution < 1.29 is 19.1 Å². The average molecular weight is 293 g/mol. The van der Waals surface area contributed by atoms with Crippen molar-refractivity contribution >= 4 is 11.9 Å². The quantitative estimate of drug-likeness (QED) is 0.787. The van der Waals surface area contributed by atoms with Gasteiger partial charge in [0.05, 0.1) is 24.3 Å². The Morgan fingerprint density at radius 2 is 1.81 bits per heavy atom. The molecule has 0 fully saturated rings. The molecular weight excluding hydrogens is 274 g/mol. The van der Waals surface area contributed by atoms with E-state index in [-0.39, 0.29) is 29.9 Å². The number of ether oxygens (including phenoxy) is 2. The maximum atomic E-state index is 12.2. The van der Waals surface area contributed by atoms with E-state index in [1.807, 2.05) is 0 Å². The number of esters is 2. The Bertz CT molecular complexity index is 617. The topological polar surface area (TPSA) is 74.6 Å². The third kappa shape index (κ3) is 2.99. The Kier molecular flexibility index (Phi) is 4.77. The predicted molar refractivity (Wildman–Crippen MR) is 75.6 cm³/mol. The highest BCUT2D eigenvalue weighted by Gasteiger charge is 2.27. The van der Waals surface area contributed by atoms with Gasteiger partial charge in [-0.25, -0.2) is 9.59 Å². The molecule has 2 heterocycles. The molecule has 0 aromatic carbocycles. The van der Waals surface area contributed by atoms with Crippen LogP contribution in [0.2, 0.25) is 0 Å². The Hall–Kier alpha value is -2.11. The molecule has 1 aromatic rings. The molecular formula is C15H19NO5. The molecule has 0 bridgehead atoms. The molecule has 1 aromatic heterocycles. The molecule has 0 aliphatic carbocycles. The Morgan fingerprint density at radius 1 is 1.14 bits per heavy atom. The summed E-state index contributed by atoms with van der Waals surface area (Å²) >= 11 is 0. The summed E-state index contributed by atoms with van der Waals surface area (Å²) in [6.45, 7) is 4.32. The molecule has 0 spiro atoms. The van der Waals surface area contributed by atoms with Crippen LogP contribution in [-0.2, 0) is 22.4 Å². The molecule has 2 rings (SSSR count). The van der Waals surface area contributed by atoms with Crippen LogP contribution in [0.5, 0.6) is 0 Å². The highest BCUT2D eigenvalue weighted by molar-refractivity contribution is 6.03. The van der Waals surface area contributed by atoms with Gasteiger partial charge in [0.1, 0.15) is 0 Å². The molecule has 0 radical (unpaired) electrons. The lowest BCUT2D eigenvalue weighted by atomic mass is 9.99. The maximum Gasteiger partial charge on any atom is 0.340 e. The first-order valence-electron chi connectivity index (χ1n) is 7.21. The van der Waals surface area contributed by atoms with Gasteiger partial charge in [-0.1, -0.05) is 0 Å². The Labute approximate surface area is 122 Å². The van der Waals surface area contributed by atoms with Gasteiger partial charge in [-0.05, 0) is 33.1 Å². The van der Waals surface area contributed by atoms with Gasteiger partial charge in [0.15, 0.2) is 0 Å². The third-order valence-corrected chi connectivity index (χ3v) is 3.44. The van der Waals surface area contributed by atoms with E-state index in [1.165, 1.54) is 6.07 Å². The zero-order valence-electron chi connectivity index (χ0n) is 12.3. The molecule has 0 N–H and O–H groups in total. The molecule has 114 valence electrons. The van der Waals surface area contributed by atoms with Crippen LogP contribution in [0.4, 0.5) is 0 Å². The lowest BCUT2D eigenvalue weighted by Crippen LogP contribution is -2.32. The van der Waals surface area contributed by atoms with Gasteiger partial charge in [0.25, 0.3) is 5.56 Å². The van der Waals surface area contributed by atoms with Crippen LogP contribution in [0.3, 0.4) is 0 Å². The molecule has 1 aliphatic rings. The van der Waals surface area contributed by atoms with Crippen molar-refractivity contribution in [3.8, 4) is 0 Å². The number of fused-ring (bicyclic) bond motifs is 1. The highest BCUT2D eigenvalue weighted by Crippen LogP contribution is 2.21. The summed E-state index contributed by atoms with van der Waals surface area (Å²) in [4.78, 5) is 36.4. The van der Waals surface area contributed by atoms with Gasteiger partial charge in [-0.3, -0.25) is 4.79 Å². The minimum Gasteiger partial charge on any atom is -0.462 e. The van der Waals surface area contributed by atoms with E-state index < -0.39 is 11.9 Å². The van der Waals surface area contributed by atoms with Crippen molar-refractivity contribution in [1.29, 1.82) is 0 Å². The molecule has 0 saturated heterocycles. The number of pyridine rings is 1. The van der Waals surface area contributed by atoms with E-state index in [4.69, 9.17) is 9.47 Å². The van der Waals surface area contributed by atoms with Crippen LogP contribution >= 0.6 is 0 Å². The van der Waals surface area contributed by atoms with Crippen molar-refractivity contribution in [1.82, 2.24) is 4.57 Å². The van der Waals surface area contributed by atoms with Crippen LogP contribution in [0, 0.1) is 0 Å². The van der Waals surface area contributed by atoms with Crippen LogP contribution in [-0.4, -0.2) is 29.7 Å². The van der Waals surface area contributed by atoms with E-state index in [1.54, 1.807) is 18.4 Å². The monoisotopic (exact) mass is 293 g/mol. The number of rotatable bonds is 4. The SMILES string of the molecule is CCOC(=O)c1cc(=O)n2c(c1C(=O)OCC)CCCC2. The number of hydrogen-bond donors (Lipinski definition) is 0. The average Bonchev–Trinajstić information content (AvgIpc) is 2.47. The van der Waals surface area contributed by atoms with E-state index >= 15 is 0 Å². The van der Waals surface area contributed by atoms with E-state index in [2.05, 4.69) is 0 Å². The van der Waals surface area contributed by atoms with Crippen molar-refractivity contribution in [3.05, 3.63) is 33.2 Å². The molecule has 0 saturated carbocycles. The van der Waals surface area contributed by atoms with Gasteiger partial charge in [-0.2, -0.15) is 0 Å². The number of nitrogens with zero attached hydrogens (tertiary/aromatic N) is 1. The van der Waals surface area contributed by atoms with Gasteiger partial charge in [0, 0.05) is 18.3 Å². The van der Waals surface area contributed by atoms with Gasteiger partial charge >= 0.3 is 11.9 Å². The minimum atomic E-state index is -0.661. The van der Waals surface area contributed by atoms with E-state index in [0.717, 1.165) is 12.8 Å². The molecule has 0 amide bonds. The maximum absolute atomic E-state index is 12.2. The third-order valence-electron chi connectivity index (χ3n) is 3.44. The van der Waals surface area contributed by atoms with Crippen molar-refractivity contribution in [2.24, 2.45) is 0 Å². The number of carbonyl (C=O) groups is 2. The lowest BCUT2D eigenvalue weighted by molar-refractivity contribution is 0.0475. The fourth-order valence-corrected chi connectivity index (χ4v) is 2.57. The first kappa shape index (κ1) is 15.3. The zero-order chi connectivity index (χ0) is 15.4. The van der Waals surface area contributed by atoms with Gasteiger partial charge in [-0.15, -0.1) is 0 Å². The van der Waals surface area contributed by atoms with Crippen LogP contribution < -0.4 is 5.56 Å². The summed E-state index contributed by atoms with van der Waals surface area (Å²) in [6.07, 6.45) is 2.34. The minimum absolute atomic E-state index is 0.00782. The van der Waals surface area contributed by atoms with Crippen LogP contribution in [0.1, 0.15) is 53.1 Å². The van der Waals surface area contributed by atoms with E-state index in [9.17, 15) is 14.4 Å². The second-order valence-corrected chi connectivity index (χ2v) is 4.77. The summed E-state index contributed by atoms with van der Waals surface area (Å²) in [5.41, 5.74) is 0.485. The van der Waals surface area contributed by atoms with E-state index in [0.29, 0.717) is 18.7 Å². The first-order valence-corrected chi connectivity index (χ1v) is 7.21. The number of aromatic nitrogens is 1. The fourth-order valence-electron chi connectivity index (χ4n) is 2.57. The smallest absolute Gasteiger partial charge is 0.340 e. The lowest BCUT2D eigenvalue weighted by Gasteiger charge is -2.22. The predicted octanol–water partition coefficient (Wildman–Crippen LogP) is 1.54. The van der Waals surface area contributed by atoms with Gasteiger partial charge < -0.3 is 14.0 Å². The summed E-state index contributed by atoms with van der Waals surface area (Å²) in [7, 11) is 0. The fraction of sp³-hybridized carbons (Fsp3) is 0.533. The summed E-state index contributed by atoms with van der Waals surface area (Å²) in [5.74, 6) is -1.24. The van der Waals surface area contributed by atoms with Crippen molar-refractivity contribution in [2.75, 3.05) is 13.2 Å². The molecule has 6 nitrogen and oxygen atoms in total. The zero-order valence-corrected chi connectivity index (χ0v) is 12.3. The number of hydrogen-bond acceptors (Lipinski definition) is 5. The first-order chi connectivity index (χ1) is 10.1. The van der Waals surface area contributed by atoms with Gasteiger partial charge in [0.2, 0.25) is 0 Å². The molecule has 1 aliphatic heterocycles. The second kappa shape index (κ2) is 6.56. The molecule has 0 atom stereocenters. The standard InChI is InChI=1S/C15H19NO5/c1-3-20-14(18)10-9-12(17)16-8-6-5-7-11(16)13(10)15(19)21-4-2/h9H,3-8H2,1-2H3. The van der Waals surface area contributed by atoms with Crippen LogP contribution in [0.25, 0.3) is 0 Å². The number of carbonyl (C=O) groups excluding carboxylic acids is 2. The van der Waals surface area contributed by atoms with Crippen molar-refractivity contribution in [2.45, 2.75) is 39.7 Å². The summed E-state index contributed by atoms with van der Waals surface area (Å²) in [6, 6.07) is 1.18. The Morgan fingerprint density at radius 3 is 2.48 bits per heavy atom. The molecule has 21 heavy (non-hydrogen) atoms.